The zero-order chi connectivity index (χ0) is 10.9. The highest BCUT2D eigenvalue weighted by Gasteiger charge is 2.18. The summed E-state index contributed by atoms with van der Waals surface area (Å²) in [6.45, 7) is 0. The maximum Gasteiger partial charge on any atom is 0.270 e. The summed E-state index contributed by atoms with van der Waals surface area (Å²) in [6.07, 6.45) is 4.08. The van der Waals surface area contributed by atoms with Gasteiger partial charge in [-0.25, -0.2) is 17.4 Å². The van der Waals surface area contributed by atoms with Crippen LogP contribution in [0.2, 0.25) is 0 Å². The van der Waals surface area contributed by atoms with Gasteiger partial charge >= 0.3 is 0 Å². The number of hydrogen-bond donors (Lipinski definition) is 0. The maximum atomic E-state index is 12.0. The molecular formula is C9H7BrN2O2S. The summed E-state index contributed by atoms with van der Waals surface area (Å²) >= 11 is 3.20. The van der Waals surface area contributed by atoms with E-state index in [2.05, 4.69) is 20.9 Å². The minimum absolute atomic E-state index is 0.225. The molecule has 0 amide bonds. The molecule has 1 heterocycles. The van der Waals surface area contributed by atoms with E-state index in [1.165, 1.54) is 18.7 Å². The molecule has 0 N–H and O–H groups in total. The second-order valence-electron chi connectivity index (χ2n) is 2.83. The van der Waals surface area contributed by atoms with Crippen LogP contribution in [0.4, 0.5) is 0 Å². The zero-order valence-electron chi connectivity index (χ0n) is 7.54. The second kappa shape index (κ2) is 3.79. The number of hydrogen-bond acceptors (Lipinski definition) is 3. The predicted molar refractivity (Wildman–Crippen MR) is 59.0 cm³/mol. The van der Waals surface area contributed by atoms with Crippen LogP contribution in [0.3, 0.4) is 0 Å². The van der Waals surface area contributed by atoms with E-state index in [-0.39, 0.29) is 4.90 Å². The van der Waals surface area contributed by atoms with Crippen LogP contribution >= 0.6 is 15.9 Å². The molecule has 0 aliphatic carbocycles. The highest BCUT2D eigenvalue weighted by Crippen LogP contribution is 2.22. The van der Waals surface area contributed by atoms with E-state index < -0.39 is 10.0 Å². The third-order valence-corrected chi connectivity index (χ3v) is 4.51. The van der Waals surface area contributed by atoms with Crippen LogP contribution in [0.1, 0.15) is 0 Å². The molecule has 1 aromatic heterocycles. The minimum atomic E-state index is -3.52. The fourth-order valence-corrected chi connectivity index (χ4v) is 3.24. The lowest BCUT2D eigenvalue weighted by atomic mass is 10.4. The molecule has 0 atom stereocenters. The van der Waals surface area contributed by atoms with Gasteiger partial charge in [-0.05, 0) is 28.1 Å². The number of benzene rings is 1. The fraction of sp³-hybridized carbons (Fsp3) is 0. The summed E-state index contributed by atoms with van der Waals surface area (Å²) in [5, 5.41) is 0. The lowest BCUT2D eigenvalue weighted by Crippen LogP contribution is -2.11. The molecule has 15 heavy (non-hydrogen) atoms. The van der Waals surface area contributed by atoms with Crippen LogP contribution in [0, 0.1) is 0 Å². The molecule has 0 bridgehead atoms. The Morgan fingerprint density at radius 3 is 2.60 bits per heavy atom. The van der Waals surface area contributed by atoms with E-state index >= 15 is 0 Å². The normalized spacial score (nSPS) is 11.5. The SMILES string of the molecule is O=S(=O)(c1ccccc1Br)n1ccnc1. The van der Waals surface area contributed by atoms with Crippen LogP contribution in [-0.4, -0.2) is 17.4 Å². The lowest BCUT2D eigenvalue weighted by molar-refractivity contribution is 0.586. The van der Waals surface area contributed by atoms with Crippen molar-refractivity contribution in [2.45, 2.75) is 4.90 Å². The third kappa shape index (κ3) is 1.82. The molecule has 1 aromatic carbocycles. The highest BCUT2D eigenvalue weighted by molar-refractivity contribution is 9.10. The van der Waals surface area contributed by atoms with Gasteiger partial charge in [0.25, 0.3) is 10.0 Å². The molecule has 0 saturated heterocycles. The number of imidazole rings is 1. The molecule has 78 valence electrons. The summed E-state index contributed by atoms with van der Waals surface area (Å²) in [5.74, 6) is 0. The Morgan fingerprint density at radius 2 is 2.00 bits per heavy atom. The van der Waals surface area contributed by atoms with E-state index in [0.29, 0.717) is 4.47 Å². The van der Waals surface area contributed by atoms with Crippen molar-refractivity contribution in [2.24, 2.45) is 0 Å². The van der Waals surface area contributed by atoms with Crippen molar-refractivity contribution < 1.29 is 8.42 Å². The van der Waals surface area contributed by atoms with Gasteiger partial charge < -0.3 is 0 Å². The lowest BCUT2D eigenvalue weighted by Gasteiger charge is -2.06. The molecule has 0 saturated carbocycles. The van der Waals surface area contributed by atoms with E-state index in [0.717, 1.165) is 3.97 Å². The van der Waals surface area contributed by atoms with Gasteiger partial charge in [-0.2, -0.15) is 0 Å². The van der Waals surface area contributed by atoms with Gasteiger partial charge in [-0.1, -0.05) is 12.1 Å². The first kappa shape index (κ1) is 10.4. The molecule has 6 heteroatoms. The first-order chi connectivity index (χ1) is 7.12. The Kier molecular flexibility index (Phi) is 2.62. The topological polar surface area (TPSA) is 52.0 Å². The highest BCUT2D eigenvalue weighted by atomic mass is 79.9. The average molecular weight is 287 g/mol. The van der Waals surface area contributed by atoms with Gasteiger partial charge in [0.15, 0.2) is 0 Å². The van der Waals surface area contributed by atoms with Gasteiger partial charge in [-0.15, -0.1) is 0 Å². The Hall–Kier alpha value is -1.14. The number of rotatable bonds is 2. The Morgan fingerprint density at radius 1 is 1.27 bits per heavy atom. The summed E-state index contributed by atoms with van der Waals surface area (Å²) in [4.78, 5) is 3.94. The number of aromatic nitrogens is 2. The van der Waals surface area contributed by atoms with E-state index in [1.807, 2.05) is 0 Å². The largest absolute Gasteiger partial charge is 0.270 e. The molecular weight excluding hydrogens is 280 g/mol. The molecule has 0 spiro atoms. The summed E-state index contributed by atoms with van der Waals surface area (Å²) in [7, 11) is -3.52. The smallest absolute Gasteiger partial charge is 0.244 e. The van der Waals surface area contributed by atoms with Crippen molar-refractivity contribution in [1.82, 2.24) is 8.96 Å². The Labute approximate surface area is 95.8 Å². The average Bonchev–Trinajstić information content (AvgIpc) is 2.71. The first-order valence-electron chi connectivity index (χ1n) is 4.10. The molecule has 0 radical (unpaired) electrons. The Balaban J connectivity index is 2.62. The molecule has 2 rings (SSSR count). The van der Waals surface area contributed by atoms with Gasteiger partial charge in [0.05, 0.1) is 0 Å². The summed E-state index contributed by atoms with van der Waals surface area (Å²) in [6, 6.07) is 6.66. The predicted octanol–water partition coefficient (Wildman–Crippen LogP) is 1.88. The Bertz CT molecular complexity index is 564. The van der Waals surface area contributed by atoms with E-state index in [4.69, 9.17) is 0 Å². The van der Waals surface area contributed by atoms with Crippen molar-refractivity contribution in [2.75, 3.05) is 0 Å². The van der Waals surface area contributed by atoms with Crippen molar-refractivity contribution in [3.63, 3.8) is 0 Å². The summed E-state index contributed by atoms with van der Waals surface area (Å²) < 4.78 is 25.6. The van der Waals surface area contributed by atoms with Crippen molar-refractivity contribution in [3.05, 3.63) is 47.5 Å². The second-order valence-corrected chi connectivity index (χ2v) is 5.49. The van der Waals surface area contributed by atoms with Crippen molar-refractivity contribution in [1.29, 1.82) is 0 Å². The molecule has 2 aromatic rings. The molecule has 0 aliphatic rings. The number of halogens is 1. The van der Waals surface area contributed by atoms with Crippen molar-refractivity contribution >= 4 is 26.0 Å². The number of nitrogens with zero attached hydrogens (tertiary/aromatic N) is 2. The standard InChI is InChI=1S/C9H7BrN2O2S/c10-8-3-1-2-4-9(8)15(13,14)12-6-5-11-7-12/h1-7H. The first-order valence-corrected chi connectivity index (χ1v) is 6.34. The van der Waals surface area contributed by atoms with E-state index in [1.54, 1.807) is 24.3 Å². The van der Waals surface area contributed by atoms with Gasteiger partial charge in [0.2, 0.25) is 0 Å². The van der Waals surface area contributed by atoms with Crippen LogP contribution in [-0.2, 0) is 10.0 Å². The fourth-order valence-electron chi connectivity index (χ4n) is 1.16. The van der Waals surface area contributed by atoms with Gasteiger partial charge in [-0.3, -0.25) is 0 Å². The molecule has 4 nitrogen and oxygen atoms in total. The molecule has 0 aliphatic heterocycles. The quantitative estimate of drug-likeness (QED) is 0.847. The van der Waals surface area contributed by atoms with Gasteiger partial charge in [0.1, 0.15) is 11.2 Å². The third-order valence-electron chi connectivity index (χ3n) is 1.87. The maximum absolute atomic E-state index is 12.0. The van der Waals surface area contributed by atoms with Gasteiger partial charge in [0, 0.05) is 16.9 Å². The minimum Gasteiger partial charge on any atom is -0.244 e. The monoisotopic (exact) mass is 286 g/mol. The zero-order valence-corrected chi connectivity index (χ0v) is 9.94. The van der Waals surface area contributed by atoms with Crippen LogP contribution in [0.15, 0.2) is 52.4 Å². The van der Waals surface area contributed by atoms with E-state index in [9.17, 15) is 8.42 Å². The molecule has 0 fully saturated rings. The van der Waals surface area contributed by atoms with Crippen LogP contribution in [0.25, 0.3) is 0 Å². The summed E-state index contributed by atoms with van der Waals surface area (Å²) in [5.41, 5.74) is 0. The van der Waals surface area contributed by atoms with Crippen LogP contribution in [0.5, 0.6) is 0 Å². The van der Waals surface area contributed by atoms with Crippen LogP contribution < -0.4 is 0 Å². The molecule has 0 unspecified atom stereocenters. The van der Waals surface area contributed by atoms with Crippen molar-refractivity contribution in [3.8, 4) is 0 Å².